The second kappa shape index (κ2) is 6.54. The minimum atomic E-state index is -3.06. The smallest absolute Gasteiger partial charge is 0.156 e. The van der Waals surface area contributed by atoms with Crippen molar-refractivity contribution < 1.29 is 8.42 Å². The van der Waals surface area contributed by atoms with Crippen molar-refractivity contribution in [3.05, 3.63) is 15.6 Å². The van der Waals surface area contributed by atoms with Crippen LogP contribution < -0.4 is 5.32 Å². The zero-order chi connectivity index (χ0) is 14.8. The summed E-state index contributed by atoms with van der Waals surface area (Å²) in [6.07, 6.45) is 5.81. The molecular formula is C14H24N2O2S2. The van der Waals surface area contributed by atoms with E-state index >= 15 is 0 Å². The quantitative estimate of drug-likeness (QED) is 0.820. The molecule has 1 aromatic rings. The number of nitrogens with zero attached hydrogens (tertiary/aromatic N) is 1. The first-order valence-corrected chi connectivity index (χ1v) is 10.1. The highest BCUT2D eigenvalue weighted by atomic mass is 32.2. The number of sulfone groups is 1. The van der Waals surface area contributed by atoms with E-state index < -0.39 is 15.1 Å². The number of aromatic nitrogens is 1. The van der Waals surface area contributed by atoms with E-state index in [1.165, 1.54) is 17.6 Å². The van der Waals surface area contributed by atoms with Gasteiger partial charge in [-0.15, -0.1) is 11.3 Å². The summed E-state index contributed by atoms with van der Waals surface area (Å²) in [5, 5.41) is 3.74. The van der Waals surface area contributed by atoms with Gasteiger partial charge in [0.25, 0.3) is 0 Å². The SMILES string of the molecule is CCCNCC1CCCc2sc(C(C)S(C)(=O)=O)nc21. The number of fused-ring (bicyclic) bond motifs is 1. The molecule has 20 heavy (non-hydrogen) atoms. The highest BCUT2D eigenvalue weighted by Gasteiger charge is 2.28. The van der Waals surface area contributed by atoms with E-state index in [9.17, 15) is 8.42 Å². The van der Waals surface area contributed by atoms with Gasteiger partial charge >= 0.3 is 0 Å². The minimum absolute atomic E-state index is 0.446. The van der Waals surface area contributed by atoms with E-state index in [4.69, 9.17) is 0 Å². The summed E-state index contributed by atoms with van der Waals surface area (Å²) in [5.41, 5.74) is 1.15. The second-order valence-corrected chi connectivity index (χ2v) is 9.11. The van der Waals surface area contributed by atoms with Gasteiger partial charge in [-0.3, -0.25) is 0 Å². The number of hydrogen-bond acceptors (Lipinski definition) is 5. The summed E-state index contributed by atoms with van der Waals surface area (Å²) >= 11 is 1.60. The largest absolute Gasteiger partial charge is 0.316 e. The van der Waals surface area contributed by atoms with Crippen LogP contribution in [-0.2, 0) is 16.3 Å². The first-order valence-electron chi connectivity index (χ1n) is 7.32. The van der Waals surface area contributed by atoms with Crippen LogP contribution in [0.15, 0.2) is 0 Å². The predicted octanol–water partition coefficient (Wildman–Crippen LogP) is 2.67. The maximum absolute atomic E-state index is 11.7. The van der Waals surface area contributed by atoms with E-state index in [0.29, 0.717) is 5.92 Å². The summed E-state index contributed by atoms with van der Waals surface area (Å²) in [5.74, 6) is 0.446. The molecular weight excluding hydrogens is 292 g/mol. The molecule has 1 heterocycles. The van der Waals surface area contributed by atoms with Crippen molar-refractivity contribution in [2.24, 2.45) is 0 Å². The fourth-order valence-corrected chi connectivity index (χ4v) is 4.75. The molecule has 114 valence electrons. The summed E-state index contributed by atoms with van der Waals surface area (Å²) in [7, 11) is -3.06. The monoisotopic (exact) mass is 316 g/mol. The van der Waals surface area contributed by atoms with Crippen LogP contribution in [0.25, 0.3) is 0 Å². The molecule has 2 rings (SSSR count). The van der Waals surface area contributed by atoms with Crippen molar-refractivity contribution in [3.63, 3.8) is 0 Å². The lowest BCUT2D eigenvalue weighted by molar-refractivity contribution is 0.500. The van der Waals surface area contributed by atoms with Crippen LogP contribution in [0.1, 0.15) is 59.9 Å². The molecule has 0 fully saturated rings. The predicted molar refractivity (Wildman–Crippen MR) is 84.2 cm³/mol. The van der Waals surface area contributed by atoms with Gasteiger partial charge in [0.15, 0.2) is 9.84 Å². The van der Waals surface area contributed by atoms with Crippen molar-refractivity contribution in [2.75, 3.05) is 19.3 Å². The van der Waals surface area contributed by atoms with Crippen LogP contribution >= 0.6 is 11.3 Å². The zero-order valence-corrected chi connectivity index (χ0v) is 14.1. The third kappa shape index (κ3) is 3.59. The Labute approximate surface area is 125 Å². The van der Waals surface area contributed by atoms with Crippen molar-refractivity contribution in [1.29, 1.82) is 0 Å². The molecule has 0 bridgehead atoms. The van der Waals surface area contributed by atoms with Crippen LogP contribution in [0.4, 0.5) is 0 Å². The van der Waals surface area contributed by atoms with Crippen molar-refractivity contribution in [2.45, 2.75) is 50.7 Å². The minimum Gasteiger partial charge on any atom is -0.316 e. The molecule has 0 aliphatic heterocycles. The molecule has 4 nitrogen and oxygen atoms in total. The standard InChI is InChI=1S/C14H24N2O2S2/c1-4-8-15-9-11-6-5-7-12-13(11)16-14(19-12)10(2)20(3,17)18/h10-11,15H,4-9H2,1-3H3. The topological polar surface area (TPSA) is 59.1 Å². The van der Waals surface area contributed by atoms with Gasteiger partial charge in [-0.2, -0.15) is 0 Å². The van der Waals surface area contributed by atoms with Crippen LogP contribution in [0, 0.1) is 0 Å². The first kappa shape index (κ1) is 15.9. The molecule has 1 aliphatic carbocycles. The fraction of sp³-hybridized carbons (Fsp3) is 0.786. The van der Waals surface area contributed by atoms with Crippen LogP contribution in [-0.4, -0.2) is 32.7 Å². The van der Waals surface area contributed by atoms with Gasteiger partial charge in [-0.1, -0.05) is 6.92 Å². The lowest BCUT2D eigenvalue weighted by atomic mass is 9.91. The van der Waals surface area contributed by atoms with Gasteiger partial charge in [-0.05, 0) is 39.2 Å². The molecule has 6 heteroatoms. The molecule has 2 atom stereocenters. The van der Waals surface area contributed by atoms with Crippen molar-refractivity contribution in [1.82, 2.24) is 10.3 Å². The van der Waals surface area contributed by atoms with E-state index in [-0.39, 0.29) is 0 Å². The second-order valence-electron chi connectivity index (χ2n) is 5.63. The molecule has 0 radical (unpaired) electrons. The number of aryl methyl sites for hydroxylation is 1. The molecule has 1 aromatic heterocycles. The van der Waals surface area contributed by atoms with Gasteiger partial charge in [0.2, 0.25) is 0 Å². The Balaban J connectivity index is 2.18. The Morgan fingerprint density at radius 2 is 2.25 bits per heavy atom. The maximum Gasteiger partial charge on any atom is 0.156 e. The molecule has 0 saturated carbocycles. The fourth-order valence-electron chi connectivity index (χ4n) is 2.54. The van der Waals surface area contributed by atoms with Crippen molar-refractivity contribution in [3.8, 4) is 0 Å². The average Bonchev–Trinajstić information content (AvgIpc) is 2.81. The van der Waals surface area contributed by atoms with E-state index in [1.54, 1.807) is 18.3 Å². The molecule has 1 aliphatic rings. The Morgan fingerprint density at radius 3 is 2.90 bits per heavy atom. The van der Waals surface area contributed by atoms with Gasteiger partial charge < -0.3 is 5.32 Å². The summed E-state index contributed by atoms with van der Waals surface area (Å²) < 4.78 is 23.4. The third-order valence-electron chi connectivity index (χ3n) is 3.89. The van der Waals surface area contributed by atoms with Crippen LogP contribution in [0.3, 0.4) is 0 Å². The Morgan fingerprint density at radius 1 is 1.50 bits per heavy atom. The lowest BCUT2D eigenvalue weighted by Gasteiger charge is -2.21. The maximum atomic E-state index is 11.7. The number of hydrogen-bond donors (Lipinski definition) is 1. The molecule has 0 amide bonds. The van der Waals surface area contributed by atoms with E-state index in [2.05, 4.69) is 17.2 Å². The Hall–Kier alpha value is -0.460. The summed E-state index contributed by atoms with van der Waals surface area (Å²) in [4.78, 5) is 5.97. The lowest BCUT2D eigenvalue weighted by Crippen LogP contribution is -2.25. The van der Waals surface area contributed by atoms with Gasteiger partial charge in [0, 0.05) is 23.6 Å². The highest BCUT2D eigenvalue weighted by Crippen LogP contribution is 2.37. The third-order valence-corrected chi connectivity index (χ3v) is 6.87. The molecule has 0 saturated heterocycles. The average molecular weight is 316 g/mol. The molecule has 0 aromatic carbocycles. The number of rotatable bonds is 6. The number of thiazole rings is 1. The Bertz CT molecular complexity index is 552. The van der Waals surface area contributed by atoms with E-state index in [1.807, 2.05) is 0 Å². The molecule has 2 unspecified atom stereocenters. The number of nitrogens with one attached hydrogen (secondary N) is 1. The molecule has 1 N–H and O–H groups in total. The van der Waals surface area contributed by atoms with Crippen LogP contribution in [0.2, 0.25) is 0 Å². The van der Waals surface area contributed by atoms with Gasteiger partial charge in [0.1, 0.15) is 10.3 Å². The normalized spacial score (nSPS) is 20.6. The first-order chi connectivity index (χ1) is 9.43. The van der Waals surface area contributed by atoms with Crippen LogP contribution in [0.5, 0.6) is 0 Å². The summed E-state index contributed by atoms with van der Waals surface area (Å²) in [6, 6.07) is 0. The van der Waals surface area contributed by atoms with E-state index in [0.717, 1.165) is 43.1 Å². The highest BCUT2D eigenvalue weighted by molar-refractivity contribution is 7.91. The van der Waals surface area contributed by atoms with Gasteiger partial charge in [0.05, 0.1) is 5.69 Å². The summed E-state index contributed by atoms with van der Waals surface area (Å²) in [6.45, 7) is 5.89. The Kier molecular flexibility index (Phi) is 5.20. The van der Waals surface area contributed by atoms with Crippen molar-refractivity contribution >= 4 is 21.2 Å². The zero-order valence-electron chi connectivity index (χ0n) is 12.5. The van der Waals surface area contributed by atoms with Gasteiger partial charge in [-0.25, -0.2) is 13.4 Å². The molecule has 0 spiro atoms.